The number of carbonyl (C=O) groups is 3. The maximum atomic E-state index is 14.4. The van der Waals surface area contributed by atoms with Crippen LogP contribution in [-0.4, -0.2) is 72.4 Å². The van der Waals surface area contributed by atoms with E-state index in [0.29, 0.717) is 6.92 Å². The van der Waals surface area contributed by atoms with Crippen molar-refractivity contribution in [2.24, 2.45) is 0 Å². The third-order valence-corrected chi connectivity index (χ3v) is 6.53. The topological polar surface area (TPSA) is 114 Å². The molecule has 0 unspecified atom stereocenters. The normalized spacial score (nSPS) is 17.3. The van der Waals surface area contributed by atoms with E-state index >= 15 is 0 Å². The van der Waals surface area contributed by atoms with Crippen LogP contribution in [0.2, 0.25) is 0 Å². The summed E-state index contributed by atoms with van der Waals surface area (Å²) in [7, 11) is 4.31. The third-order valence-electron chi connectivity index (χ3n) is 6.53. The molecule has 0 bridgehead atoms. The largest absolute Gasteiger partial charge is 0.496 e. The van der Waals surface area contributed by atoms with Gasteiger partial charge in [-0.25, -0.2) is 18.2 Å². The molecule has 1 aromatic carbocycles. The number of amides is 3. The number of likely N-dealkylation sites (N-methyl/N-ethyl adjacent to an activating group) is 1. The molecule has 0 radical (unpaired) electrons. The third kappa shape index (κ3) is 5.08. The molecule has 0 aliphatic carbocycles. The monoisotopic (exact) mass is 548 g/mol. The molecule has 13 heteroatoms. The van der Waals surface area contributed by atoms with E-state index < -0.39 is 59.5 Å². The molecule has 1 aliphatic rings. The van der Waals surface area contributed by atoms with Crippen LogP contribution in [0.4, 0.5) is 13.2 Å². The van der Waals surface area contributed by atoms with Gasteiger partial charge in [-0.15, -0.1) is 0 Å². The number of fused-ring (bicyclic) bond motifs is 3. The summed E-state index contributed by atoms with van der Waals surface area (Å²) in [6, 6.07) is 5.25. The SMILES string of the molecule is COc1cccc(F)c1CNC(=O)[C@@]1(C)COc2c(oc3cc(C(C)(F)F)cnc23)C(=O)N1CC(=O)N(C)C. The quantitative estimate of drug-likeness (QED) is 0.483. The molecule has 3 heterocycles. The first-order valence-electron chi connectivity index (χ1n) is 11.8. The minimum absolute atomic E-state index is 0.00554. The molecule has 2 aromatic heterocycles. The zero-order valence-electron chi connectivity index (χ0n) is 21.9. The van der Waals surface area contributed by atoms with Crippen molar-refractivity contribution < 1.29 is 41.4 Å². The highest BCUT2D eigenvalue weighted by atomic mass is 19.3. The molecule has 1 N–H and O–H groups in total. The molecule has 3 amide bonds. The van der Waals surface area contributed by atoms with Gasteiger partial charge in [0.2, 0.25) is 17.6 Å². The van der Waals surface area contributed by atoms with Gasteiger partial charge in [0.05, 0.1) is 7.11 Å². The summed E-state index contributed by atoms with van der Waals surface area (Å²) < 4.78 is 58.7. The van der Waals surface area contributed by atoms with Crippen LogP contribution in [0.25, 0.3) is 11.1 Å². The summed E-state index contributed by atoms with van der Waals surface area (Å²) in [5.41, 5.74) is -2.24. The van der Waals surface area contributed by atoms with Crippen molar-refractivity contribution in [2.45, 2.75) is 31.9 Å². The second kappa shape index (κ2) is 10.1. The number of benzene rings is 1. The van der Waals surface area contributed by atoms with Crippen molar-refractivity contribution in [3.8, 4) is 11.5 Å². The Morgan fingerprint density at radius 3 is 2.67 bits per heavy atom. The van der Waals surface area contributed by atoms with Gasteiger partial charge >= 0.3 is 0 Å². The zero-order valence-corrected chi connectivity index (χ0v) is 21.9. The Morgan fingerprint density at radius 2 is 2.03 bits per heavy atom. The van der Waals surface area contributed by atoms with Crippen molar-refractivity contribution >= 4 is 28.8 Å². The van der Waals surface area contributed by atoms with Gasteiger partial charge in [-0.2, -0.15) is 0 Å². The maximum absolute atomic E-state index is 14.4. The first-order valence-corrected chi connectivity index (χ1v) is 11.8. The lowest BCUT2D eigenvalue weighted by atomic mass is 9.98. The molecule has 1 atom stereocenters. The van der Waals surface area contributed by atoms with Gasteiger partial charge in [-0.3, -0.25) is 14.4 Å². The van der Waals surface area contributed by atoms with Crippen LogP contribution >= 0.6 is 0 Å². The summed E-state index contributed by atoms with van der Waals surface area (Å²) in [6.45, 7) is 0.814. The summed E-state index contributed by atoms with van der Waals surface area (Å²) in [5, 5.41) is 2.60. The van der Waals surface area contributed by atoms with Crippen molar-refractivity contribution in [3.05, 3.63) is 53.2 Å². The predicted molar refractivity (Wildman–Crippen MR) is 132 cm³/mol. The smallest absolute Gasteiger partial charge is 0.295 e. The van der Waals surface area contributed by atoms with E-state index in [4.69, 9.17) is 13.9 Å². The van der Waals surface area contributed by atoms with Gasteiger partial charge in [0.1, 0.15) is 24.7 Å². The van der Waals surface area contributed by atoms with Crippen LogP contribution in [0, 0.1) is 5.82 Å². The second-order valence-corrected chi connectivity index (χ2v) is 9.56. The van der Waals surface area contributed by atoms with Crippen LogP contribution in [0.15, 0.2) is 34.9 Å². The standard InChI is InChI=1S/C26H27F3N4O6/c1-25(24(36)31-11-15-16(27)7-6-8-17(15)37-5)13-38-21-20-18(9-14(10-30-20)26(2,28)29)39-22(21)23(35)33(25)12-19(34)32(3)4/h6-10H,11-13H2,1-5H3,(H,31,36)/t25-/m1/s1. The van der Waals surface area contributed by atoms with E-state index in [1.165, 1.54) is 51.2 Å². The number of halogens is 3. The van der Waals surface area contributed by atoms with E-state index in [9.17, 15) is 27.6 Å². The Bertz CT molecular complexity index is 1450. The number of aromatic nitrogens is 1. The highest BCUT2D eigenvalue weighted by molar-refractivity contribution is 6.05. The Morgan fingerprint density at radius 1 is 1.31 bits per heavy atom. The molecule has 39 heavy (non-hydrogen) atoms. The number of rotatable bonds is 7. The zero-order chi connectivity index (χ0) is 28.7. The average molecular weight is 549 g/mol. The minimum atomic E-state index is -3.21. The molecule has 0 saturated heterocycles. The highest BCUT2D eigenvalue weighted by Crippen LogP contribution is 2.39. The van der Waals surface area contributed by atoms with Gasteiger partial charge < -0.3 is 29.0 Å². The van der Waals surface area contributed by atoms with Crippen molar-refractivity contribution in [3.63, 3.8) is 0 Å². The van der Waals surface area contributed by atoms with E-state index in [1.807, 2.05) is 0 Å². The van der Waals surface area contributed by atoms with Crippen molar-refractivity contribution in [2.75, 3.05) is 34.4 Å². The van der Waals surface area contributed by atoms with Crippen LogP contribution in [0.3, 0.4) is 0 Å². The number of ether oxygens (including phenoxy) is 2. The molecule has 0 fully saturated rings. The maximum Gasteiger partial charge on any atom is 0.295 e. The number of furan rings is 1. The summed E-state index contributed by atoms with van der Waals surface area (Å²) >= 11 is 0. The van der Waals surface area contributed by atoms with Crippen molar-refractivity contribution in [1.29, 1.82) is 0 Å². The molecule has 1 aliphatic heterocycles. The molecule has 3 aromatic rings. The van der Waals surface area contributed by atoms with Crippen LogP contribution in [0.1, 0.15) is 35.5 Å². The van der Waals surface area contributed by atoms with Crippen LogP contribution < -0.4 is 14.8 Å². The first-order chi connectivity index (χ1) is 18.3. The van der Waals surface area contributed by atoms with Gasteiger partial charge in [-0.05, 0) is 25.1 Å². The van der Waals surface area contributed by atoms with E-state index in [-0.39, 0.29) is 34.7 Å². The van der Waals surface area contributed by atoms with E-state index in [1.54, 1.807) is 0 Å². The molecule has 0 spiro atoms. The molecular formula is C26H27F3N4O6. The number of carbonyl (C=O) groups excluding carboxylic acids is 3. The van der Waals surface area contributed by atoms with Crippen LogP contribution in [0.5, 0.6) is 11.5 Å². The van der Waals surface area contributed by atoms with Crippen LogP contribution in [-0.2, 0) is 22.1 Å². The number of methoxy groups -OCH3 is 1. The highest BCUT2D eigenvalue weighted by Gasteiger charge is 2.49. The summed E-state index contributed by atoms with van der Waals surface area (Å²) in [6.07, 6.45) is 0.942. The minimum Gasteiger partial charge on any atom is -0.496 e. The number of pyridine rings is 1. The number of hydrogen-bond acceptors (Lipinski definition) is 7. The van der Waals surface area contributed by atoms with E-state index in [2.05, 4.69) is 10.3 Å². The Hall–Kier alpha value is -4.29. The molecular weight excluding hydrogens is 521 g/mol. The van der Waals surface area contributed by atoms with E-state index in [0.717, 1.165) is 17.2 Å². The molecule has 4 rings (SSSR count). The number of hydrogen-bond donors (Lipinski definition) is 1. The molecule has 10 nitrogen and oxygen atoms in total. The fourth-order valence-corrected chi connectivity index (χ4v) is 4.08. The molecule has 0 saturated carbocycles. The second-order valence-electron chi connectivity index (χ2n) is 9.56. The fraction of sp³-hybridized carbons (Fsp3) is 0.385. The Balaban J connectivity index is 1.72. The van der Waals surface area contributed by atoms with Gasteiger partial charge in [-0.1, -0.05) is 6.07 Å². The van der Waals surface area contributed by atoms with Gasteiger partial charge in [0, 0.05) is 44.9 Å². The molecule has 208 valence electrons. The fourth-order valence-electron chi connectivity index (χ4n) is 4.08. The Kier molecular flexibility index (Phi) is 7.19. The summed E-state index contributed by atoms with van der Waals surface area (Å²) in [4.78, 5) is 46.2. The lowest BCUT2D eigenvalue weighted by Crippen LogP contribution is -2.62. The summed E-state index contributed by atoms with van der Waals surface area (Å²) in [5.74, 6) is -6.29. The lowest BCUT2D eigenvalue weighted by molar-refractivity contribution is -0.137. The number of nitrogens with zero attached hydrogens (tertiary/aromatic N) is 3. The first kappa shape index (κ1) is 27.7. The number of nitrogens with one attached hydrogen (secondary N) is 1. The Labute approximate surface area is 221 Å². The lowest BCUT2D eigenvalue weighted by Gasteiger charge is -2.37. The average Bonchev–Trinajstić information content (AvgIpc) is 3.21. The number of alkyl halides is 2. The van der Waals surface area contributed by atoms with Gasteiger partial charge in [0.25, 0.3) is 11.8 Å². The predicted octanol–water partition coefficient (Wildman–Crippen LogP) is 3.09. The van der Waals surface area contributed by atoms with Gasteiger partial charge in [0.15, 0.2) is 22.4 Å². The van der Waals surface area contributed by atoms with Crippen molar-refractivity contribution in [1.82, 2.24) is 20.1 Å².